The van der Waals surface area contributed by atoms with Crippen LogP contribution >= 0.6 is 0 Å². The molecule has 0 aliphatic carbocycles. The number of hydrogen-bond acceptors (Lipinski definition) is 3. The van der Waals surface area contributed by atoms with E-state index in [1.165, 1.54) is 0 Å². The van der Waals surface area contributed by atoms with Gasteiger partial charge in [0.25, 0.3) is 0 Å². The summed E-state index contributed by atoms with van der Waals surface area (Å²) in [6.07, 6.45) is 2.66. The van der Waals surface area contributed by atoms with Gasteiger partial charge in [-0.1, -0.05) is 30.3 Å². The van der Waals surface area contributed by atoms with Gasteiger partial charge in [-0.2, -0.15) is 5.26 Å². The maximum Gasteiger partial charge on any atom is 0.240 e. The Kier molecular flexibility index (Phi) is 5.77. The molecule has 1 aliphatic heterocycles. The van der Waals surface area contributed by atoms with Crippen LogP contribution in [-0.4, -0.2) is 36.6 Å². The van der Waals surface area contributed by atoms with E-state index in [0.717, 1.165) is 25.0 Å². The molecule has 1 fully saturated rings. The average molecular weight is 286 g/mol. The SMILES string of the molecule is CCN(CC1CCCO1)C(=O)C(C#N)Cc1ccccc1. The second-order valence-corrected chi connectivity index (χ2v) is 5.38. The van der Waals surface area contributed by atoms with E-state index in [2.05, 4.69) is 6.07 Å². The van der Waals surface area contributed by atoms with E-state index < -0.39 is 5.92 Å². The van der Waals surface area contributed by atoms with E-state index in [0.29, 0.717) is 19.5 Å². The topological polar surface area (TPSA) is 53.3 Å². The lowest BCUT2D eigenvalue weighted by atomic mass is 9.99. The van der Waals surface area contributed by atoms with Gasteiger partial charge in [-0.15, -0.1) is 0 Å². The first-order valence-electron chi connectivity index (χ1n) is 7.58. The molecule has 4 nitrogen and oxygen atoms in total. The molecule has 0 spiro atoms. The highest BCUT2D eigenvalue weighted by Gasteiger charge is 2.27. The van der Waals surface area contributed by atoms with E-state index in [-0.39, 0.29) is 12.0 Å². The number of carbonyl (C=O) groups is 1. The van der Waals surface area contributed by atoms with Gasteiger partial charge in [-0.05, 0) is 31.7 Å². The summed E-state index contributed by atoms with van der Waals surface area (Å²) in [7, 11) is 0. The minimum Gasteiger partial charge on any atom is -0.376 e. The predicted molar refractivity (Wildman–Crippen MR) is 80.5 cm³/mol. The van der Waals surface area contributed by atoms with Crippen LogP contribution in [-0.2, 0) is 16.0 Å². The summed E-state index contributed by atoms with van der Waals surface area (Å²) in [5.41, 5.74) is 1.02. The van der Waals surface area contributed by atoms with Gasteiger partial charge >= 0.3 is 0 Å². The summed E-state index contributed by atoms with van der Waals surface area (Å²) in [5, 5.41) is 9.33. The fourth-order valence-electron chi connectivity index (χ4n) is 2.67. The number of ether oxygens (including phenoxy) is 1. The van der Waals surface area contributed by atoms with Crippen molar-refractivity contribution >= 4 is 5.91 Å². The van der Waals surface area contributed by atoms with E-state index in [1.807, 2.05) is 37.3 Å². The molecule has 1 heterocycles. The van der Waals surface area contributed by atoms with Crippen LogP contribution in [0, 0.1) is 17.2 Å². The van der Waals surface area contributed by atoms with Crippen LogP contribution in [0.15, 0.2) is 30.3 Å². The van der Waals surface area contributed by atoms with Crippen LogP contribution < -0.4 is 0 Å². The zero-order valence-corrected chi connectivity index (χ0v) is 12.5. The summed E-state index contributed by atoms with van der Waals surface area (Å²) < 4.78 is 5.59. The molecule has 4 heteroatoms. The number of likely N-dealkylation sites (N-methyl/N-ethyl adjacent to an activating group) is 1. The first-order chi connectivity index (χ1) is 10.2. The van der Waals surface area contributed by atoms with Crippen molar-refractivity contribution in [2.45, 2.75) is 32.3 Å². The number of benzene rings is 1. The van der Waals surface area contributed by atoms with Gasteiger partial charge in [0, 0.05) is 19.7 Å². The van der Waals surface area contributed by atoms with E-state index in [4.69, 9.17) is 4.74 Å². The summed E-state index contributed by atoms with van der Waals surface area (Å²) >= 11 is 0. The molecule has 1 saturated heterocycles. The van der Waals surface area contributed by atoms with Crippen molar-refractivity contribution in [3.05, 3.63) is 35.9 Å². The van der Waals surface area contributed by atoms with Gasteiger partial charge in [-0.3, -0.25) is 4.79 Å². The smallest absolute Gasteiger partial charge is 0.240 e. The fourth-order valence-corrected chi connectivity index (χ4v) is 2.67. The standard InChI is InChI=1S/C17H22N2O2/c1-2-19(13-16-9-6-10-21-16)17(20)15(12-18)11-14-7-4-3-5-8-14/h3-5,7-8,15-16H,2,6,9-11,13H2,1H3. The Labute approximate surface area is 126 Å². The number of hydrogen-bond donors (Lipinski definition) is 0. The van der Waals surface area contributed by atoms with Crippen LogP contribution in [0.4, 0.5) is 0 Å². The van der Waals surface area contributed by atoms with Crippen molar-refractivity contribution in [3.63, 3.8) is 0 Å². The van der Waals surface area contributed by atoms with E-state index >= 15 is 0 Å². The minimum atomic E-state index is -0.617. The fraction of sp³-hybridized carbons (Fsp3) is 0.529. The van der Waals surface area contributed by atoms with Gasteiger partial charge in [0.1, 0.15) is 5.92 Å². The van der Waals surface area contributed by atoms with Crippen LogP contribution in [0.25, 0.3) is 0 Å². The van der Waals surface area contributed by atoms with Crippen molar-refractivity contribution in [3.8, 4) is 6.07 Å². The zero-order chi connectivity index (χ0) is 15.1. The lowest BCUT2D eigenvalue weighted by Gasteiger charge is -2.26. The number of carbonyl (C=O) groups excluding carboxylic acids is 1. The van der Waals surface area contributed by atoms with E-state index in [9.17, 15) is 10.1 Å². The summed E-state index contributed by atoms with van der Waals surface area (Å²) in [6.45, 7) is 3.94. The monoisotopic (exact) mass is 286 g/mol. The lowest BCUT2D eigenvalue weighted by molar-refractivity contribution is -0.135. The quantitative estimate of drug-likeness (QED) is 0.807. The molecule has 1 aliphatic rings. The van der Waals surface area contributed by atoms with Crippen LogP contribution in [0.3, 0.4) is 0 Å². The first kappa shape index (κ1) is 15.5. The maximum absolute atomic E-state index is 12.5. The van der Waals surface area contributed by atoms with E-state index in [1.54, 1.807) is 4.90 Å². The molecule has 112 valence electrons. The molecule has 2 unspecified atom stereocenters. The van der Waals surface area contributed by atoms with Crippen molar-refractivity contribution < 1.29 is 9.53 Å². The van der Waals surface area contributed by atoms with Crippen molar-refractivity contribution in [2.24, 2.45) is 5.92 Å². The molecule has 2 atom stereocenters. The minimum absolute atomic E-state index is 0.0839. The Hall–Kier alpha value is -1.86. The Bertz CT molecular complexity index is 489. The number of amides is 1. The number of rotatable bonds is 6. The highest BCUT2D eigenvalue weighted by Crippen LogP contribution is 2.16. The van der Waals surface area contributed by atoms with Gasteiger partial charge < -0.3 is 9.64 Å². The van der Waals surface area contributed by atoms with Gasteiger partial charge in [0.2, 0.25) is 5.91 Å². The van der Waals surface area contributed by atoms with Crippen LogP contribution in [0.5, 0.6) is 0 Å². The average Bonchev–Trinajstić information content (AvgIpc) is 3.03. The zero-order valence-electron chi connectivity index (χ0n) is 12.5. The largest absolute Gasteiger partial charge is 0.376 e. The molecule has 1 amide bonds. The molecule has 21 heavy (non-hydrogen) atoms. The van der Waals surface area contributed by atoms with Gasteiger partial charge in [0.15, 0.2) is 0 Å². The predicted octanol–water partition coefficient (Wildman–Crippen LogP) is 2.40. The molecule has 1 aromatic rings. The highest BCUT2D eigenvalue weighted by molar-refractivity contribution is 5.81. The Morgan fingerprint density at radius 2 is 2.24 bits per heavy atom. The molecule has 0 saturated carbocycles. The van der Waals surface area contributed by atoms with Crippen LogP contribution in [0.2, 0.25) is 0 Å². The summed E-state index contributed by atoms with van der Waals surface area (Å²) in [5.74, 6) is -0.701. The van der Waals surface area contributed by atoms with Gasteiger partial charge in [0.05, 0.1) is 12.2 Å². The third kappa shape index (κ3) is 4.30. The third-order valence-electron chi connectivity index (χ3n) is 3.88. The molecule has 1 aromatic carbocycles. The van der Waals surface area contributed by atoms with Gasteiger partial charge in [-0.25, -0.2) is 0 Å². The normalized spacial score (nSPS) is 19.0. The molecular formula is C17H22N2O2. The second-order valence-electron chi connectivity index (χ2n) is 5.38. The molecule has 0 aromatic heterocycles. The maximum atomic E-state index is 12.5. The molecule has 0 radical (unpaired) electrons. The molecule has 2 rings (SSSR count). The Morgan fingerprint density at radius 1 is 1.48 bits per heavy atom. The first-order valence-corrected chi connectivity index (χ1v) is 7.58. The Balaban J connectivity index is 1.98. The summed E-state index contributed by atoms with van der Waals surface area (Å²) in [4.78, 5) is 14.3. The highest BCUT2D eigenvalue weighted by atomic mass is 16.5. The summed E-state index contributed by atoms with van der Waals surface area (Å²) in [6, 6.07) is 11.9. The lowest BCUT2D eigenvalue weighted by Crippen LogP contribution is -2.41. The third-order valence-corrected chi connectivity index (χ3v) is 3.88. The van der Waals surface area contributed by atoms with Crippen molar-refractivity contribution in [1.29, 1.82) is 5.26 Å². The van der Waals surface area contributed by atoms with Crippen molar-refractivity contribution in [2.75, 3.05) is 19.7 Å². The van der Waals surface area contributed by atoms with Crippen molar-refractivity contribution in [1.82, 2.24) is 4.90 Å². The second kappa shape index (κ2) is 7.80. The molecule has 0 bridgehead atoms. The van der Waals surface area contributed by atoms with Crippen LogP contribution in [0.1, 0.15) is 25.3 Å². The molecule has 0 N–H and O–H groups in total. The Morgan fingerprint density at radius 3 is 2.81 bits per heavy atom. The molecular weight excluding hydrogens is 264 g/mol. The number of nitriles is 1. The number of nitrogens with zero attached hydrogens (tertiary/aromatic N) is 2.